The smallest absolute Gasteiger partial charge is 0.261 e. The van der Waals surface area contributed by atoms with Gasteiger partial charge >= 0.3 is 0 Å². The standard InChI is InChI=1S/C28H23N3O3S2/c1-18-6-13-24(14-7-18)36(33,34)31-23-5-3-4-21(17-23)27(32)29-22-11-9-20(10-12-22)28-30-25-15-8-19(2)16-26(25)35-28/h3-17,31H,1-2H3,(H,29,32). The number of thiazole rings is 1. The van der Waals surface area contributed by atoms with Crippen LogP contribution in [0.1, 0.15) is 21.5 Å². The van der Waals surface area contributed by atoms with Gasteiger partial charge in [0.2, 0.25) is 0 Å². The second-order valence-electron chi connectivity index (χ2n) is 8.52. The molecule has 5 rings (SSSR count). The van der Waals surface area contributed by atoms with Crippen molar-refractivity contribution < 1.29 is 13.2 Å². The van der Waals surface area contributed by atoms with Gasteiger partial charge in [0.25, 0.3) is 15.9 Å². The minimum Gasteiger partial charge on any atom is -0.322 e. The van der Waals surface area contributed by atoms with Gasteiger partial charge in [-0.15, -0.1) is 11.3 Å². The highest BCUT2D eigenvalue weighted by Crippen LogP contribution is 2.31. The summed E-state index contributed by atoms with van der Waals surface area (Å²) in [5.74, 6) is -0.338. The molecule has 180 valence electrons. The number of carbonyl (C=O) groups is 1. The van der Waals surface area contributed by atoms with E-state index in [0.717, 1.165) is 26.4 Å². The van der Waals surface area contributed by atoms with Gasteiger partial charge in [-0.05, 0) is 86.1 Å². The predicted octanol–water partition coefficient (Wildman–Crippen LogP) is 6.63. The highest BCUT2D eigenvalue weighted by Gasteiger charge is 2.15. The van der Waals surface area contributed by atoms with Crippen LogP contribution in [0.2, 0.25) is 0 Å². The number of hydrogen-bond donors (Lipinski definition) is 2. The largest absolute Gasteiger partial charge is 0.322 e. The average molecular weight is 514 g/mol. The van der Waals surface area contributed by atoms with Gasteiger partial charge in [0.15, 0.2) is 0 Å². The SMILES string of the molecule is Cc1ccc(S(=O)(=O)Nc2cccc(C(=O)Nc3ccc(-c4nc5ccc(C)cc5s4)cc3)c2)cc1. The quantitative estimate of drug-likeness (QED) is 0.267. The first-order valence-electron chi connectivity index (χ1n) is 11.3. The highest BCUT2D eigenvalue weighted by atomic mass is 32.2. The molecule has 6 nitrogen and oxygen atoms in total. The molecule has 8 heteroatoms. The van der Waals surface area contributed by atoms with Crippen LogP contribution in [0.25, 0.3) is 20.8 Å². The maximum atomic E-state index is 12.8. The average Bonchev–Trinajstić information content (AvgIpc) is 3.28. The second-order valence-corrected chi connectivity index (χ2v) is 11.2. The lowest BCUT2D eigenvalue weighted by atomic mass is 10.1. The lowest BCUT2D eigenvalue weighted by Gasteiger charge is -2.10. The maximum Gasteiger partial charge on any atom is 0.261 e. The fourth-order valence-corrected chi connectivity index (χ4v) is 5.83. The first-order valence-corrected chi connectivity index (χ1v) is 13.6. The van der Waals surface area contributed by atoms with Crippen LogP contribution in [0, 0.1) is 13.8 Å². The number of fused-ring (bicyclic) bond motifs is 1. The number of nitrogens with zero attached hydrogens (tertiary/aromatic N) is 1. The maximum absolute atomic E-state index is 12.8. The highest BCUT2D eigenvalue weighted by molar-refractivity contribution is 7.92. The number of hydrogen-bond acceptors (Lipinski definition) is 5. The third kappa shape index (κ3) is 5.15. The summed E-state index contributed by atoms with van der Waals surface area (Å²) in [4.78, 5) is 17.7. The van der Waals surface area contributed by atoms with Gasteiger partial charge in [0, 0.05) is 22.5 Å². The van der Waals surface area contributed by atoms with E-state index in [1.54, 1.807) is 53.8 Å². The van der Waals surface area contributed by atoms with Crippen LogP contribution in [0.15, 0.2) is 95.9 Å². The van der Waals surface area contributed by atoms with Crippen molar-refractivity contribution in [3.05, 3.63) is 108 Å². The van der Waals surface area contributed by atoms with Crippen LogP contribution in [0.5, 0.6) is 0 Å². The molecule has 36 heavy (non-hydrogen) atoms. The van der Waals surface area contributed by atoms with E-state index >= 15 is 0 Å². The number of benzene rings is 4. The molecule has 0 aliphatic heterocycles. The number of sulfonamides is 1. The summed E-state index contributed by atoms with van der Waals surface area (Å²) in [5.41, 5.74) is 5.38. The van der Waals surface area contributed by atoms with Crippen molar-refractivity contribution in [1.82, 2.24) is 4.98 Å². The van der Waals surface area contributed by atoms with Gasteiger partial charge < -0.3 is 5.32 Å². The molecule has 0 spiro atoms. The third-order valence-electron chi connectivity index (χ3n) is 5.64. The van der Waals surface area contributed by atoms with E-state index in [9.17, 15) is 13.2 Å². The third-order valence-corrected chi connectivity index (χ3v) is 8.11. The van der Waals surface area contributed by atoms with Crippen LogP contribution in [-0.2, 0) is 10.0 Å². The van der Waals surface area contributed by atoms with E-state index in [1.807, 2.05) is 43.3 Å². The molecule has 0 saturated heterocycles. The monoisotopic (exact) mass is 513 g/mol. The molecule has 5 aromatic rings. The Morgan fingerprint density at radius 2 is 1.53 bits per heavy atom. The van der Waals surface area contributed by atoms with Gasteiger partial charge in [0.1, 0.15) is 5.01 Å². The van der Waals surface area contributed by atoms with E-state index in [-0.39, 0.29) is 10.8 Å². The fraction of sp³-hybridized carbons (Fsp3) is 0.0714. The van der Waals surface area contributed by atoms with Crippen molar-refractivity contribution in [1.29, 1.82) is 0 Å². The van der Waals surface area contributed by atoms with Crippen molar-refractivity contribution in [2.45, 2.75) is 18.7 Å². The topological polar surface area (TPSA) is 88.2 Å². The van der Waals surface area contributed by atoms with E-state index in [4.69, 9.17) is 4.98 Å². The Morgan fingerprint density at radius 1 is 0.806 bits per heavy atom. The summed E-state index contributed by atoms with van der Waals surface area (Å²) in [6.07, 6.45) is 0. The number of nitrogens with one attached hydrogen (secondary N) is 2. The summed E-state index contributed by atoms with van der Waals surface area (Å²) in [6.45, 7) is 3.95. The fourth-order valence-electron chi connectivity index (χ4n) is 3.71. The Labute approximate surface area is 213 Å². The zero-order valence-electron chi connectivity index (χ0n) is 19.6. The Morgan fingerprint density at radius 3 is 2.28 bits per heavy atom. The summed E-state index contributed by atoms with van der Waals surface area (Å²) in [5, 5.41) is 3.78. The number of rotatable bonds is 6. The zero-order chi connectivity index (χ0) is 25.3. The van der Waals surface area contributed by atoms with Crippen molar-refractivity contribution in [3.8, 4) is 10.6 Å². The molecule has 0 fully saturated rings. The van der Waals surface area contributed by atoms with Crippen LogP contribution in [0.3, 0.4) is 0 Å². The van der Waals surface area contributed by atoms with Crippen molar-refractivity contribution in [3.63, 3.8) is 0 Å². The Balaban J connectivity index is 1.29. The molecule has 1 heterocycles. The molecule has 0 unspecified atom stereocenters. The Hall–Kier alpha value is -4.01. The molecule has 0 saturated carbocycles. The number of aromatic nitrogens is 1. The zero-order valence-corrected chi connectivity index (χ0v) is 21.3. The minimum atomic E-state index is -3.76. The van der Waals surface area contributed by atoms with E-state index in [2.05, 4.69) is 23.0 Å². The Bertz CT molecular complexity index is 1670. The molecule has 0 bridgehead atoms. The number of amides is 1. The number of carbonyl (C=O) groups excluding carboxylic acids is 1. The molecule has 1 amide bonds. The van der Waals surface area contributed by atoms with Crippen LogP contribution < -0.4 is 10.0 Å². The summed E-state index contributed by atoms with van der Waals surface area (Å²) >= 11 is 1.63. The lowest BCUT2D eigenvalue weighted by Crippen LogP contribution is -2.15. The molecule has 0 aliphatic rings. The van der Waals surface area contributed by atoms with Gasteiger partial charge in [-0.2, -0.15) is 0 Å². The van der Waals surface area contributed by atoms with Crippen LogP contribution in [-0.4, -0.2) is 19.3 Å². The molecule has 4 aromatic carbocycles. The number of anilines is 2. The van der Waals surface area contributed by atoms with Crippen LogP contribution in [0.4, 0.5) is 11.4 Å². The van der Waals surface area contributed by atoms with E-state index < -0.39 is 10.0 Å². The lowest BCUT2D eigenvalue weighted by molar-refractivity contribution is 0.102. The second kappa shape index (κ2) is 9.56. The first-order chi connectivity index (χ1) is 17.3. The molecule has 0 radical (unpaired) electrons. The molecule has 0 atom stereocenters. The van der Waals surface area contributed by atoms with Crippen molar-refractivity contribution in [2.75, 3.05) is 10.0 Å². The van der Waals surface area contributed by atoms with Crippen molar-refractivity contribution >= 4 is 48.9 Å². The Kier molecular flexibility index (Phi) is 6.30. The van der Waals surface area contributed by atoms with E-state index in [1.165, 1.54) is 11.6 Å². The van der Waals surface area contributed by atoms with Crippen molar-refractivity contribution in [2.24, 2.45) is 0 Å². The predicted molar refractivity (Wildman–Crippen MR) is 146 cm³/mol. The molecule has 2 N–H and O–H groups in total. The summed E-state index contributed by atoms with van der Waals surface area (Å²) < 4.78 is 29.1. The van der Waals surface area contributed by atoms with Gasteiger partial charge in [-0.25, -0.2) is 13.4 Å². The van der Waals surface area contributed by atoms with Gasteiger partial charge in [0.05, 0.1) is 15.1 Å². The molecular formula is C28H23N3O3S2. The minimum absolute atomic E-state index is 0.159. The normalized spacial score (nSPS) is 11.4. The summed E-state index contributed by atoms with van der Waals surface area (Å²) in [6, 6.07) is 26.7. The van der Waals surface area contributed by atoms with Gasteiger partial charge in [-0.3, -0.25) is 9.52 Å². The molecular weight excluding hydrogens is 490 g/mol. The first kappa shape index (κ1) is 23.7. The molecule has 1 aromatic heterocycles. The van der Waals surface area contributed by atoms with Gasteiger partial charge in [-0.1, -0.05) is 29.8 Å². The van der Waals surface area contributed by atoms with E-state index in [0.29, 0.717) is 16.9 Å². The summed E-state index contributed by atoms with van der Waals surface area (Å²) in [7, 11) is -3.76. The molecule has 0 aliphatic carbocycles. The number of aryl methyl sites for hydroxylation is 2. The van der Waals surface area contributed by atoms with Crippen LogP contribution >= 0.6 is 11.3 Å².